The van der Waals surface area contributed by atoms with Crippen LogP contribution in [0.2, 0.25) is 0 Å². The number of hydrogen-bond acceptors (Lipinski definition) is 5. The maximum Gasteiger partial charge on any atom is 0.254 e. The number of carbonyl (C=O) groups is 1. The van der Waals surface area contributed by atoms with E-state index in [9.17, 15) is 9.18 Å². The number of pyridine rings is 1. The van der Waals surface area contributed by atoms with Gasteiger partial charge in [0.15, 0.2) is 5.82 Å². The van der Waals surface area contributed by atoms with E-state index >= 15 is 0 Å². The molecular formula is C25H22FN5O. The summed E-state index contributed by atoms with van der Waals surface area (Å²) in [6, 6.07) is 17.9. The topological polar surface area (TPSA) is 62.2 Å². The summed E-state index contributed by atoms with van der Waals surface area (Å²) in [6.07, 6.45) is 1.77. The highest BCUT2D eigenvalue weighted by Crippen LogP contribution is 2.23. The van der Waals surface area contributed by atoms with Crippen molar-refractivity contribution in [3.63, 3.8) is 0 Å². The van der Waals surface area contributed by atoms with Crippen LogP contribution in [0.5, 0.6) is 0 Å². The molecule has 1 saturated heterocycles. The first-order valence-electron chi connectivity index (χ1n) is 10.6. The number of anilines is 1. The minimum atomic E-state index is -0.359. The zero-order valence-electron chi connectivity index (χ0n) is 17.7. The maximum atomic E-state index is 13.6. The Morgan fingerprint density at radius 2 is 1.72 bits per heavy atom. The molecule has 0 spiro atoms. The molecule has 0 atom stereocenters. The van der Waals surface area contributed by atoms with Crippen LogP contribution in [0, 0.1) is 12.7 Å². The Morgan fingerprint density at radius 1 is 0.938 bits per heavy atom. The van der Waals surface area contributed by atoms with Crippen molar-refractivity contribution in [1.29, 1.82) is 0 Å². The molecule has 160 valence electrons. The van der Waals surface area contributed by atoms with Crippen molar-refractivity contribution < 1.29 is 9.18 Å². The van der Waals surface area contributed by atoms with Crippen LogP contribution in [0.25, 0.3) is 22.3 Å². The fourth-order valence-corrected chi connectivity index (χ4v) is 4.07. The number of aryl methyl sites for hydroxylation is 1. The van der Waals surface area contributed by atoms with Crippen molar-refractivity contribution in [3.05, 3.63) is 83.9 Å². The third-order valence-electron chi connectivity index (χ3n) is 5.69. The van der Waals surface area contributed by atoms with Gasteiger partial charge in [-0.15, -0.1) is 0 Å². The summed E-state index contributed by atoms with van der Waals surface area (Å²) in [5.41, 5.74) is 2.73. The van der Waals surface area contributed by atoms with Gasteiger partial charge in [0, 0.05) is 55.1 Å². The van der Waals surface area contributed by atoms with Crippen LogP contribution in [0.15, 0.2) is 66.9 Å². The summed E-state index contributed by atoms with van der Waals surface area (Å²) in [6.45, 7) is 4.32. The number of amides is 1. The quantitative estimate of drug-likeness (QED) is 0.493. The number of rotatable bonds is 3. The van der Waals surface area contributed by atoms with Crippen molar-refractivity contribution >= 4 is 22.6 Å². The molecule has 0 N–H and O–H groups in total. The Balaban J connectivity index is 1.34. The average molecular weight is 427 g/mol. The van der Waals surface area contributed by atoms with Crippen LogP contribution >= 0.6 is 0 Å². The molecule has 0 unspecified atom stereocenters. The summed E-state index contributed by atoms with van der Waals surface area (Å²) in [5.74, 6) is 1.13. The molecule has 7 heteroatoms. The highest BCUT2D eigenvalue weighted by molar-refractivity contribution is 6.06. The van der Waals surface area contributed by atoms with E-state index < -0.39 is 0 Å². The molecular weight excluding hydrogens is 405 g/mol. The maximum absolute atomic E-state index is 13.6. The van der Waals surface area contributed by atoms with Gasteiger partial charge in [-0.1, -0.05) is 30.3 Å². The van der Waals surface area contributed by atoms with Crippen LogP contribution in [0.3, 0.4) is 0 Å². The number of hydrogen-bond donors (Lipinski definition) is 0. The Hall–Kier alpha value is -3.87. The van der Waals surface area contributed by atoms with E-state index in [-0.39, 0.29) is 11.7 Å². The van der Waals surface area contributed by atoms with E-state index in [4.69, 9.17) is 4.98 Å². The predicted octanol–water partition coefficient (Wildman–Crippen LogP) is 4.10. The van der Waals surface area contributed by atoms with Gasteiger partial charge in [-0.05, 0) is 31.2 Å². The van der Waals surface area contributed by atoms with Crippen LogP contribution in [0.1, 0.15) is 16.1 Å². The minimum Gasteiger partial charge on any atom is -0.353 e. The fourth-order valence-electron chi connectivity index (χ4n) is 4.07. The molecule has 4 aromatic rings. The number of nitrogens with zero attached hydrogens (tertiary/aromatic N) is 5. The molecule has 0 bridgehead atoms. The van der Waals surface area contributed by atoms with Gasteiger partial charge in [0.05, 0.1) is 11.1 Å². The standard InChI is InChI=1S/C25H22FN5O/c1-17-15-21(20-8-7-19(26)16-22(20)28-17)25(32)31-13-11-30(12-14-31)23-9-10-27-24(29-23)18-5-3-2-4-6-18/h2-10,15-16H,11-14H2,1H3. The van der Waals surface area contributed by atoms with E-state index in [0.717, 1.165) is 11.4 Å². The van der Waals surface area contributed by atoms with Gasteiger partial charge >= 0.3 is 0 Å². The monoisotopic (exact) mass is 427 g/mol. The number of benzene rings is 2. The van der Waals surface area contributed by atoms with Gasteiger partial charge in [0.25, 0.3) is 5.91 Å². The number of halogens is 1. The molecule has 5 rings (SSSR count). The fraction of sp³-hybridized carbons (Fsp3) is 0.200. The molecule has 2 aromatic carbocycles. The predicted molar refractivity (Wildman–Crippen MR) is 122 cm³/mol. The van der Waals surface area contributed by atoms with Gasteiger partial charge in [-0.2, -0.15) is 0 Å². The lowest BCUT2D eigenvalue weighted by molar-refractivity contribution is 0.0748. The highest BCUT2D eigenvalue weighted by atomic mass is 19.1. The number of piperazine rings is 1. The van der Waals surface area contributed by atoms with Gasteiger partial charge in [-0.3, -0.25) is 9.78 Å². The molecule has 1 aliphatic heterocycles. The van der Waals surface area contributed by atoms with Gasteiger partial charge in [0.2, 0.25) is 0 Å². The van der Waals surface area contributed by atoms with Crippen LogP contribution in [-0.4, -0.2) is 51.9 Å². The van der Waals surface area contributed by atoms with Crippen molar-refractivity contribution in [3.8, 4) is 11.4 Å². The summed E-state index contributed by atoms with van der Waals surface area (Å²) in [7, 11) is 0. The first-order valence-corrected chi connectivity index (χ1v) is 10.6. The summed E-state index contributed by atoms with van der Waals surface area (Å²) in [5, 5.41) is 0.674. The van der Waals surface area contributed by atoms with E-state index in [2.05, 4.69) is 14.9 Å². The first kappa shape index (κ1) is 20.1. The van der Waals surface area contributed by atoms with Crippen molar-refractivity contribution in [2.75, 3.05) is 31.1 Å². The lowest BCUT2D eigenvalue weighted by Gasteiger charge is -2.35. The Kier molecular flexibility index (Phi) is 5.23. The molecule has 6 nitrogen and oxygen atoms in total. The third kappa shape index (κ3) is 3.89. The Labute approximate surface area is 185 Å². The lowest BCUT2D eigenvalue weighted by Crippen LogP contribution is -2.49. The van der Waals surface area contributed by atoms with Crippen molar-refractivity contribution in [1.82, 2.24) is 19.9 Å². The highest BCUT2D eigenvalue weighted by Gasteiger charge is 2.25. The Morgan fingerprint density at radius 3 is 2.50 bits per heavy atom. The van der Waals surface area contributed by atoms with Gasteiger partial charge < -0.3 is 9.80 Å². The zero-order valence-corrected chi connectivity index (χ0v) is 17.7. The normalized spacial score (nSPS) is 14.1. The third-order valence-corrected chi connectivity index (χ3v) is 5.69. The second-order valence-corrected chi connectivity index (χ2v) is 7.86. The van der Waals surface area contributed by atoms with E-state index in [1.165, 1.54) is 12.1 Å². The van der Waals surface area contributed by atoms with Gasteiger partial charge in [0.1, 0.15) is 11.6 Å². The molecule has 32 heavy (non-hydrogen) atoms. The SMILES string of the molecule is Cc1cc(C(=O)N2CCN(c3ccnc(-c4ccccc4)n3)CC2)c2ccc(F)cc2n1. The second-order valence-electron chi connectivity index (χ2n) is 7.86. The molecule has 0 saturated carbocycles. The molecule has 1 aliphatic rings. The second kappa shape index (κ2) is 8.34. The number of carbonyl (C=O) groups excluding carboxylic acids is 1. The average Bonchev–Trinajstić information content (AvgIpc) is 2.83. The van der Waals surface area contributed by atoms with Crippen LogP contribution in [0.4, 0.5) is 10.2 Å². The molecule has 3 heterocycles. The molecule has 0 radical (unpaired) electrons. The molecule has 1 amide bonds. The van der Waals surface area contributed by atoms with E-state index in [1.54, 1.807) is 18.3 Å². The van der Waals surface area contributed by atoms with Crippen molar-refractivity contribution in [2.24, 2.45) is 0 Å². The van der Waals surface area contributed by atoms with Gasteiger partial charge in [-0.25, -0.2) is 14.4 Å². The van der Waals surface area contributed by atoms with Crippen LogP contribution < -0.4 is 4.90 Å². The molecule has 2 aromatic heterocycles. The Bertz CT molecular complexity index is 1280. The van der Waals surface area contributed by atoms with E-state index in [1.807, 2.05) is 48.2 Å². The van der Waals surface area contributed by atoms with E-state index in [0.29, 0.717) is 54.2 Å². The number of fused-ring (bicyclic) bond motifs is 1. The minimum absolute atomic E-state index is 0.0561. The summed E-state index contributed by atoms with van der Waals surface area (Å²) < 4.78 is 13.6. The summed E-state index contributed by atoms with van der Waals surface area (Å²) >= 11 is 0. The summed E-state index contributed by atoms with van der Waals surface area (Å²) in [4.78, 5) is 30.8. The smallest absolute Gasteiger partial charge is 0.254 e. The number of aromatic nitrogens is 3. The molecule has 0 aliphatic carbocycles. The largest absolute Gasteiger partial charge is 0.353 e. The van der Waals surface area contributed by atoms with Crippen molar-refractivity contribution in [2.45, 2.75) is 6.92 Å². The molecule has 1 fully saturated rings. The van der Waals surface area contributed by atoms with Crippen LogP contribution in [-0.2, 0) is 0 Å². The zero-order chi connectivity index (χ0) is 22.1. The lowest BCUT2D eigenvalue weighted by atomic mass is 10.1. The first-order chi connectivity index (χ1) is 15.6.